The molecule has 0 aromatic heterocycles. The van der Waals surface area contributed by atoms with E-state index in [1.807, 2.05) is 0 Å². The summed E-state index contributed by atoms with van der Waals surface area (Å²) < 4.78 is 0. The van der Waals surface area contributed by atoms with Crippen molar-refractivity contribution < 1.29 is 0 Å². The van der Waals surface area contributed by atoms with Crippen LogP contribution in [0.1, 0.15) is 53.9 Å². The molecule has 0 radical (unpaired) electrons. The van der Waals surface area contributed by atoms with Crippen molar-refractivity contribution in [2.45, 2.75) is 53.9 Å². The molecule has 1 aliphatic carbocycles. The maximum Gasteiger partial charge on any atom is 0.00882 e. The van der Waals surface area contributed by atoms with Crippen LogP contribution in [-0.4, -0.2) is 5.75 Å². The van der Waals surface area contributed by atoms with E-state index in [4.69, 9.17) is 0 Å². The van der Waals surface area contributed by atoms with Crippen LogP contribution in [0.5, 0.6) is 0 Å². The van der Waals surface area contributed by atoms with Crippen molar-refractivity contribution in [2.75, 3.05) is 5.75 Å². The predicted molar refractivity (Wildman–Crippen MR) is 100.0 cm³/mol. The van der Waals surface area contributed by atoms with Crippen molar-refractivity contribution in [3.05, 3.63) is 58.7 Å². The summed E-state index contributed by atoms with van der Waals surface area (Å²) in [6.07, 6.45) is 16.9. The standard InChI is InChI=1S/C20H30S/c1-16(8-6-9-17(2)13-15-21)11-12-19-18(3)10-7-14-20(19,4)5/h6,8-9,11-13,21H,7,10,14-15H2,1-5H3. The average Bonchev–Trinajstić information content (AvgIpc) is 2.37. The van der Waals surface area contributed by atoms with E-state index in [-0.39, 0.29) is 0 Å². The molecule has 1 aliphatic rings. The van der Waals surface area contributed by atoms with Crippen molar-refractivity contribution >= 4 is 12.6 Å². The molecule has 0 amide bonds. The molecule has 1 heteroatoms. The molecule has 0 aromatic carbocycles. The van der Waals surface area contributed by atoms with E-state index in [1.165, 1.54) is 36.0 Å². The van der Waals surface area contributed by atoms with Gasteiger partial charge in [-0.05, 0) is 51.0 Å². The van der Waals surface area contributed by atoms with Gasteiger partial charge in [-0.25, -0.2) is 0 Å². The Bertz CT molecular complexity index is 496. The first-order valence-corrected chi connectivity index (χ1v) is 8.51. The normalized spacial score (nSPS) is 20.9. The molecule has 0 N–H and O–H groups in total. The number of hydrogen-bond donors (Lipinski definition) is 1. The van der Waals surface area contributed by atoms with Gasteiger partial charge in [0.25, 0.3) is 0 Å². The van der Waals surface area contributed by atoms with E-state index in [9.17, 15) is 0 Å². The lowest BCUT2D eigenvalue weighted by Crippen LogP contribution is -2.19. The van der Waals surface area contributed by atoms with E-state index >= 15 is 0 Å². The highest BCUT2D eigenvalue weighted by molar-refractivity contribution is 7.80. The Hall–Kier alpha value is -0.950. The smallest absolute Gasteiger partial charge is 0.00882 e. The quantitative estimate of drug-likeness (QED) is 0.438. The van der Waals surface area contributed by atoms with Gasteiger partial charge in [-0.2, -0.15) is 12.6 Å². The van der Waals surface area contributed by atoms with E-state index in [2.05, 4.69) is 83.7 Å². The minimum atomic E-state index is 0.320. The highest BCUT2D eigenvalue weighted by atomic mass is 32.1. The van der Waals surface area contributed by atoms with Crippen LogP contribution >= 0.6 is 12.6 Å². The summed E-state index contributed by atoms with van der Waals surface area (Å²) >= 11 is 4.20. The summed E-state index contributed by atoms with van der Waals surface area (Å²) in [5.74, 6) is 0.793. The largest absolute Gasteiger partial charge is 0.175 e. The minimum absolute atomic E-state index is 0.320. The number of rotatable bonds is 5. The van der Waals surface area contributed by atoms with Gasteiger partial charge in [0.15, 0.2) is 0 Å². The van der Waals surface area contributed by atoms with Crippen molar-refractivity contribution in [2.24, 2.45) is 5.41 Å². The van der Waals surface area contributed by atoms with E-state index in [1.54, 1.807) is 5.57 Å². The fourth-order valence-corrected chi connectivity index (χ4v) is 3.13. The second kappa shape index (κ2) is 8.48. The van der Waals surface area contributed by atoms with Gasteiger partial charge in [-0.1, -0.05) is 67.0 Å². The van der Waals surface area contributed by atoms with Crippen molar-refractivity contribution in [1.82, 2.24) is 0 Å². The summed E-state index contributed by atoms with van der Waals surface area (Å²) in [5, 5.41) is 0. The van der Waals surface area contributed by atoms with Gasteiger partial charge in [-0.3, -0.25) is 0 Å². The Morgan fingerprint density at radius 2 is 1.90 bits per heavy atom. The molecule has 0 fully saturated rings. The Morgan fingerprint density at radius 3 is 2.52 bits per heavy atom. The molecule has 0 aromatic rings. The molecule has 0 bridgehead atoms. The second-order valence-corrected chi connectivity index (χ2v) is 7.03. The zero-order valence-electron chi connectivity index (χ0n) is 14.2. The molecule has 21 heavy (non-hydrogen) atoms. The van der Waals surface area contributed by atoms with Crippen molar-refractivity contribution in [3.63, 3.8) is 0 Å². The molecule has 0 nitrogen and oxygen atoms in total. The SMILES string of the molecule is CC(C=CC1=C(C)CCCC1(C)C)=CC=CC(C)=CCS. The highest BCUT2D eigenvalue weighted by Crippen LogP contribution is 2.40. The van der Waals surface area contributed by atoms with E-state index in [0.717, 1.165) is 5.75 Å². The van der Waals surface area contributed by atoms with E-state index < -0.39 is 0 Å². The van der Waals surface area contributed by atoms with Crippen LogP contribution in [0.3, 0.4) is 0 Å². The zero-order chi connectivity index (χ0) is 15.9. The van der Waals surface area contributed by atoms with Crippen molar-refractivity contribution in [1.29, 1.82) is 0 Å². The maximum atomic E-state index is 4.20. The molecular weight excluding hydrogens is 272 g/mol. The molecule has 0 aliphatic heterocycles. The van der Waals surface area contributed by atoms with Crippen LogP contribution < -0.4 is 0 Å². The first-order chi connectivity index (χ1) is 9.86. The minimum Gasteiger partial charge on any atom is -0.175 e. The molecule has 0 unspecified atom stereocenters. The van der Waals surface area contributed by atoms with Crippen molar-refractivity contribution in [3.8, 4) is 0 Å². The van der Waals surface area contributed by atoms with Gasteiger partial charge in [0.05, 0.1) is 0 Å². The second-order valence-electron chi connectivity index (χ2n) is 6.67. The Labute approximate surface area is 136 Å². The van der Waals surface area contributed by atoms with Gasteiger partial charge in [0, 0.05) is 5.75 Å². The third kappa shape index (κ3) is 6.13. The number of hydrogen-bond acceptors (Lipinski definition) is 1. The lowest BCUT2D eigenvalue weighted by atomic mass is 9.72. The van der Waals surface area contributed by atoms with Gasteiger partial charge in [-0.15, -0.1) is 0 Å². The van der Waals surface area contributed by atoms with Gasteiger partial charge >= 0.3 is 0 Å². The van der Waals surface area contributed by atoms with E-state index in [0.29, 0.717) is 5.41 Å². The predicted octanol–water partition coefficient (Wildman–Crippen LogP) is 6.45. The summed E-state index contributed by atoms with van der Waals surface area (Å²) in [7, 11) is 0. The van der Waals surface area contributed by atoms with Crippen LogP contribution in [0.2, 0.25) is 0 Å². The molecule has 0 heterocycles. The number of allylic oxidation sites excluding steroid dienone is 9. The first kappa shape index (κ1) is 18.1. The zero-order valence-corrected chi connectivity index (χ0v) is 15.1. The monoisotopic (exact) mass is 302 g/mol. The summed E-state index contributed by atoms with van der Waals surface area (Å²) in [5.41, 5.74) is 5.94. The molecule has 0 atom stereocenters. The maximum absolute atomic E-state index is 4.20. The average molecular weight is 303 g/mol. The molecular formula is C20H30S. The molecule has 0 saturated heterocycles. The summed E-state index contributed by atoms with van der Waals surface area (Å²) in [6.45, 7) is 11.3. The van der Waals surface area contributed by atoms with Crippen LogP contribution in [0, 0.1) is 5.41 Å². The molecule has 0 spiro atoms. The third-order valence-electron chi connectivity index (χ3n) is 4.19. The fraction of sp³-hybridized carbons (Fsp3) is 0.500. The highest BCUT2D eigenvalue weighted by Gasteiger charge is 2.26. The van der Waals surface area contributed by atoms with Gasteiger partial charge in [0.1, 0.15) is 0 Å². The summed E-state index contributed by atoms with van der Waals surface area (Å²) in [6, 6.07) is 0. The number of thiol groups is 1. The van der Waals surface area contributed by atoms with Crippen LogP contribution in [0.25, 0.3) is 0 Å². The Kier molecular flexibility index (Phi) is 7.31. The molecule has 1 rings (SSSR count). The van der Waals surface area contributed by atoms with Crippen LogP contribution in [-0.2, 0) is 0 Å². The topological polar surface area (TPSA) is 0 Å². The first-order valence-electron chi connectivity index (χ1n) is 7.87. The fourth-order valence-electron chi connectivity index (χ4n) is 2.84. The lowest BCUT2D eigenvalue weighted by molar-refractivity contribution is 0.377. The third-order valence-corrected chi connectivity index (χ3v) is 4.37. The lowest BCUT2D eigenvalue weighted by Gasteiger charge is -2.32. The van der Waals surface area contributed by atoms with Crippen LogP contribution in [0.15, 0.2) is 58.7 Å². The Balaban J connectivity index is 2.78. The molecule has 116 valence electrons. The summed E-state index contributed by atoms with van der Waals surface area (Å²) in [4.78, 5) is 0. The van der Waals surface area contributed by atoms with Gasteiger partial charge in [0.2, 0.25) is 0 Å². The molecule has 0 saturated carbocycles. The Morgan fingerprint density at radius 1 is 1.19 bits per heavy atom. The van der Waals surface area contributed by atoms with Crippen LogP contribution in [0.4, 0.5) is 0 Å². The van der Waals surface area contributed by atoms with Gasteiger partial charge < -0.3 is 0 Å².